The molecule has 0 bridgehead atoms. The van der Waals surface area contributed by atoms with Crippen LogP contribution in [0.2, 0.25) is 0 Å². The van der Waals surface area contributed by atoms with Gasteiger partial charge in [0.1, 0.15) is 5.75 Å². The van der Waals surface area contributed by atoms with Crippen LogP contribution in [0.25, 0.3) is 11.1 Å². The van der Waals surface area contributed by atoms with Crippen LogP contribution in [0.3, 0.4) is 0 Å². The van der Waals surface area contributed by atoms with Gasteiger partial charge in [-0.2, -0.15) is 13.2 Å². The summed E-state index contributed by atoms with van der Waals surface area (Å²) in [5, 5.41) is 5.55. The van der Waals surface area contributed by atoms with E-state index in [0.717, 1.165) is 17.7 Å². The highest BCUT2D eigenvalue weighted by Gasteiger charge is 2.32. The zero-order valence-electron chi connectivity index (χ0n) is 20.8. The van der Waals surface area contributed by atoms with Gasteiger partial charge in [0, 0.05) is 12.1 Å². The number of methoxy groups -OCH3 is 2. The summed E-state index contributed by atoms with van der Waals surface area (Å²) >= 11 is 0. The van der Waals surface area contributed by atoms with Crippen molar-refractivity contribution >= 4 is 12.0 Å². The lowest BCUT2D eigenvalue weighted by Crippen LogP contribution is -2.37. The monoisotopic (exact) mass is 514 g/mol. The molecule has 9 heteroatoms. The summed E-state index contributed by atoms with van der Waals surface area (Å²) in [6, 6.07) is 16.5. The van der Waals surface area contributed by atoms with Crippen LogP contribution in [0.15, 0.2) is 66.7 Å². The molecule has 0 spiro atoms. The largest absolute Gasteiger partial charge is 0.496 e. The summed E-state index contributed by atoms with van der Waals surface area (Å²) in [7, 11) is 2.73. The van der Waals surface area contributed by atoms with Crippen molar-refractivity contribution in [2.45, 2.75) is 38.5 Å². The van der Waals surface area contributed by atoms with Gasteiger partial charge in [-0.1, -0.05) is 49.4 Å². The second kappa shape index (κ2) is 12.3. The SMILES string of the molecule is CCC(NC(=O)NCc1ccccc1)c1cc(C(F)(F)F)ccc1-c1cc(CC(=O)OC)ccc1OC. The average Bonchev–Trinajstić information content (AvgIpc) is 2.90. The van der Waals surface area contributed by atoms with Crippen molar-refractivity contribution in [3.63, 3.8) is 0 Å². The van der Waals surface area contributed by atoms with Crippen LogP contribution < -0.4 is 15.4 Å². The predicted octanol–water partition coefficient (Wildman–Crippen LogP) is 6.05. The first-order valence-electron chi connectivity index (χ1n) is 11.7. The summed E-state index contributed by atoms with van der Waals surface area (Å²) in [5.74, 6) is -0.0371. The van der Waals surface area contributed by atoms with Crippen LogP contribution in [0.1, 0.15) is 41.6 Å². The van der Waals surface area contributed by atoms with Crippen molar-refractivity contribution < 1.29 is 32.2 Å². The summed E-state index contributed by atoms with van der Waals surface area (Å²) in [5.41, 5.74) is 1.89. The van der Waals surface area contributed by atoms with E-state index in [1.807, 2.05) is 30.3 Å². The number of esters is 1. The van der Waals surface area contributed by atoms with E-state index < -0.39 is 29.8 Å². The molecule has 0 fully saturated rings. The minimum atomic E-state index is -4.57. The third-order valence-electron chi connectivity index (χ3n) is 5.89. The molecule has 0 aromatic heterocycles. The molecule has 6 nitrogen and oxygen atoms in total. The van der Waals surface area contributed by atoms with Crippen LogP contribution in [-0.2, 0) is 28.7 Å². The molecule has 0 saturated heterocycles. The molecule has 3 aromatic carbocycles. The fourth-order valence-electron chi connectivity index (χ4n) is 3.97. The van der Waals surface area contributed by atoms with Crippen molar-refractivity contribution in [3.05, 3.63) is 89.0 Å². The maximum atomic E-state index is 13.7. The first kappa shape index (κ1) is 27.6. The molecule has 3 aromatic rings. The Hall–Kier alpha value is -4.01. The molecule has 3 rings (SSSR count). The zero-order valence-corrected chi connectivity index (χ0v) is 20.8. The Morgan fingerprint density at radius 2 is 1.65 bits per heavy atom. The van der Waals surface area contributed by atoms with E-state index in [0.29, 0.717) is 28.9 Å². The van der Waals surface area contributed by atoms with Crippen molar-refractivity contribution in [2.24, 2.45) is 0 Å². The third kappa shape index (κ3) is 7.25. The first-order chi connectivity index (χ1) is 17.7. The second-order valence-corrected chi connectivity index (χ2v) is 8.36. The number of benzene rings is 3. The Morgan fingerprint density at radius 3 is 2.27 bits per heavy atom. The van der Waals surface area contributed by atoms with Gasteiger partial charge in [0.05, 0.1) is 32.2 Å². The fraction of sp³-hybridized carbons (Fsp3) is 0.286. The quantitative estimate of drug-likeness (QED) is 0.341. The molecule has 0 heterocycles. The number of hydrogen-bond donors (Lipinski definition) is 2. The molecule has 0 saturated carbocycles. The maximum absolute atomic E-state index is 13.7. The van der Waals surface area contributed by atoms with E-state index in [4.69, 9.17) is 9.47 Å². The van der Waals surface area contributed by atoms with Crippen molar-refractivity contribution in [1.82, 2.24) is 10.6 Å². The molecule has 1 atom stereocenters. The smallest absolute Gasteiger partial charge is 0.416 e. The Morgan fingerprint density at radius 1 is 0.919 bits per heavy atom. The van der Waals surface area contributed by atoms with Gasteiger partial charge in [0.2, 0.25) is 0 Å². The topological polar surface area (TPSA) is 76.7 Å². The van der Waals surface area contributed by atoms with E-state index in [9.17, 15) is 22.8 Å². The van der Waals surface area contributed by atoms with Gasteiger partial charge in [-0.3, -0.25) is 4.79 Å². The molecule has 0 aliphatic heterocycles. The fourth-order valence-corrected chi connectivity index (χ4v) is 3.97. The van der Waals surface area contributed by atoms with Crippen LogP contribution in [0, 0.1) is 0 Å². The Balaban J connectivity index is 2.01. The van der Waals surface area contributed by atoms with Gasteiger partial charge in [-0.15, -0.1) is 0 Å². The number of carbonyl (C=O) groups excluding carboxylic acids is 2. The van der Waals surface area contributed by atoms with Gasteiger partial charge in [0.25, 0.3) is 0 Å². The third-order valence-corrected chi connectivity index (χ3v) is 5.89. The lowest BCUT2D eigenvalue weighted by atomic mass is 9.90. The molecule has 0 aliphatic rings. The van der Waals surface area contributed by atoms with Gasteiger partial charge >= 0.3 is 18.2 Å². The zero-order chi connectivity index (χ0) is 27.0. The first-order valence-corrected chi connectivity index (χ1v) is 11.7. The van der Waals surface area contributed by atoms with Crippen LogP contribution >= 0.6 is 0 Å². The highest BCUT2D eigenvalue weighted by atomic mass is 19.4. The molecular formula is C28H29F3N2O4. The predicted molar refractivity (Wildman–Crippen MR) is 134 cm³/mol. The van der Waals surface area contributed by atoms with Gasteiger partial charge in [-0.05, 0) is 52.9 Å². The molecule has 0 aliphatic carbocycles. The number of nitrogens with one attached hydrogen (secondary N) is 2. The molecule has 196 valence electrons. The van der Waals surface area contributed by atoms with Crippen molar-refractivity contribution in [2.75, 3.05) is 14.2 Å². The minimum absolute atomic E-state index is 0.0131. The average molecular weight is 515 g/mol. The normalized spacial score (nSPS) is 11.9. The number of rotatable bonds is 9. The Bertz CT molecular complexity index is 1230. The van der Waals surface area contributed by atoms with Crippen LogP contribution in [0.5, 0.6) is 5.75 Å². The molecular weight excluding hydrogens is 485 g/mol. The number of halogens is 3. The molecule has 37 heavy (non-hydrogen) atoms. The lowest BCUT2D eigenvalue weighted by Gasteiger charge is -2.24. The lowest BCUT2D eigenvalue weighted by molar-refractivity contribution is -0.140. The van der Waals surface area contributed by atoms with Crippen LogP contribution in [-0.4, -0.2) is 26.2 Å². The standard InChI is InChI=1S/C28H29F3N2O4/c1-4-24(33-27(35)32-17-18-8-6-5-7-9-18)22-16-20(28(29,30)31)11-12-21(22)23-14-19(15-26(34)37-3)10-13-25(23)36-2/h5-14,16,24H,4,15,17H2,1-3H3,(H2,32,33,35). The Kier molecular flexibility index (Phi) is 9.16. The summed E-state index contributed by atoms with van der Waals surface area (Å²) < 4.78 is 51.2. The summed E-state index contributed by atoms with van der Waals surface area (Å²) in [4.78, 5) is 24.5. The van der Waals surface area contributed by atoms with Gasteiger partial charge in [-0.25, -0.2) is 4.79 Å². The van der Waals surface area contributed by atoms with E-state index in [2.05, 4.69) is 10.6 Å². The number of urea groups is 1. The Labute approximate surface area is 213 Å². The number of ether oxygens (including phenoxy) is 2. The van der Waals surface area contributed by atoms with E-state index in [1.165, 1.54) is 20.3 Å². The number of carbonyl (C=O) groups is 2. The second-order valence-electron chi connectivity index (χ2n) is 8.36. The molecule has 2 amide bonds. The highest BCUT2D eigenvalue weighted by molar-refractivity contribution is 5.79. The molecule has 2 N–H and O–H groups in total. The van der Waals surface area contributed by atoms with Crippen molar-refractivity contribution in [3.8, 4) is 16.9 Å². The summed E-state index contributed by atoms with van der Waals surface area (Å²) in [6.45, 7) is 2.04. The van der Waals surface area contributed by atoms with E-state index in [1.54, 1.807) is 25.1 Å². The maximum Gasteiger partial charge on any atom is 0.416 e. The highest BCUT2D eigenvalue weighted by Crippen LogP contribution is 2.40. The molecule has 1 unspecified atom stereocenters. The number of amides is 2. The summed E-state index contributed by atoms with van der Waals surface area (Å²) in [6.07, 6.45) is -4.25. The number of alkyl halides is 3. The van der Waals surface area contributed by atoms with Crippen LogP contribution in [0.4, 0.5) is 18.0 Å². The van der Waals surface area contributed by atoms with E-state index >= 15 is 0 Å². The van der Waals surface area contributed by atoms with Gasteiger partial charge in [0.15, 0.2) is 0 Å². The minimum Gasteiger partial charge on any atom is -0.496 e. The van der Waals surface area contributed by atoms with Gasteiger partial charge < -0.3 is 20.1 Å². The number of hydrogen-bond acceptors (Lipinski definition) is 4. The molecule has 0 radical (unpaired) electrons. The van der Waals surface area contributed by atoms with E-state index in [-0.39, 0.29) is 18.5 Å². The van der Waals surface area contributed by atoms with Crippen molar-refractivity contribution in [1.29, 1.82) is 0 Å².